The van der Waals surface area contributed by atoms with E-state index in [0.29, 0.717) is 0 Å². The van der Waals surface area contributed by atoms with Crippen LogP contribution in [-0.2, 0) is 12.8 Å². The van der Waals surface area contributed by atoms with Gasteiger partial charge in [0.1, 0.15) is 0 Å². The molecule has 0 bridgehead atoms. The predicted molar refractivity (Wildman–Crippen MR) is 93.1 cm³/mol. The lowest BCUT2D eigenvalue weighted by molar-refractivity contribution is 0.727. The molecule has 0 radical (unpaired) electrons. The van der Waals surface area contributed by atoms with E-state index in [0.717, 1.165) is 0 Å². The smallest absolute Gasteiger partial charge is 0.0101 e. The van der Waals surface area contributed by atoms with Gasteiger partial charge in [0.15, 0.2) is 0 Å². The minimum absolute atomic E-state index is 1.19. The van der Waals surface area contributed by atoms with E-state index in [2.05, 4.69) is 61.0 Å². The number of unbranched alkanes of at least 4 members (excludes halogenated alkanes) is 1. The molecule has 0 heterocycles. The molecule has 0 saturated carbocycles. The number of hydrogen-bond acceptors (Lipinski definition) is 2. The summed E-state index contributed by atoms with van der Waals surface area (Å²) in [6, 6.07) is 17.7. The number of thioether (sulfide) groups is 2. The van der Waals surface area contributed by atoms with E-state index in [-0.39, 0.29) is 0 Å². The van der Waals surface area contributed by atoms with Crippen molar-refractivity contribution in [2.75, 3.05) is 12.5 Å². The molecule has 0 N–H and O–H groups in total. The third kappa shape index (κ3) is 4.60. The summed E-state index contributed by atoms with van der Waals surface area (Å²) in [6.45, 7) is 0. The van der Waals surface area contributed by atoms with Gasteiger partial charge in [-0.2, -0.15) is 0 Å². The SMILES string of the molecule is CSc1cccc(CCCCc2ccccc2SC)c1. The molecule has 0 saturated heterocycles. The second-order valence-corrected chi connectivity index (χ2v) is 6.60. The minimum Gasteiger partial charge on any atom is -0.130 e. The van der Waals surface area contributed by atoms with Gasteiger partial charge in [0.25, 0.3) is 0 Å². The van der Waals surface area contributed by atoms with Crippen LogP contribution in [0, 0.1) is 0 Å². The van der Waals surface area contributed by atoms with Crippen molar-refractivity contribution in [2.45, 2.75) is 35.5 Å². The first-order chi connectivity index (χ1) is 9.83. The van der Waals surface area contributed by atoms with Gasteiger partial charge in [-0.25, -0.2) is 0 Å². The van der Waals surface area contributed by atoms with Crippen molar-refractivity contribution >= 4 is 23.5 Å². The van der Waals surface area contributed by atoms with Crippen LogP contribution < -0.4 is 0 Å². The van der Waals surface area contributed by atoms with E-state index >= 15 is 0 Å². The van der Waals surface area contributed by atoms with E-state index in [1.54, 1.807) is 0 Å². The fraction of sp³-hybridized carbons (Fsp3) is 0.333. The lowest BCUT2D eigenvalue weighted by atomic mass is 10.0. The minimum atomic E-state index is 1.19. The molecule has 2 rings (SSSR count). The fourth-order valence-electron chi connectivity index (χ4n) is 2.38. The quantitative estimate of drug-likeness (QED) is 0.475. The van der Waals surface area contributed by atoms with Crippen molar-refractivity contribution in [3.05, 3.63) is 59.7 Å². The van der Waals surface area contributed by atoms with E-state index in [1.165, 1.54) is 46.6 Å². The highest BCUT2D eigenvalue weighted by Crippen LogP contribution is 2.22. The van der Waals surface area contributed by atoms with Gasteiger partial charge in [0.2, 0.25) is 0 Å². The van der Waals surface area contributed by atoms with Crippen LogP contribution in [0.4, 0.5) is 0 Å². The molecule has 2 aromatic rings. The molecule has 0 aliphatic carbocycles. The van der Waals surface area contributed by atoms with Gasteiger partial charge < -0.3 is 0 Å². The summed E-state index contributed by atoms with van der Waals surface area (Å²) >= 11 is 3.67. The molecule has 2 aromatic carbocycles. The molecule has 0 amide bonds. The largest absolute Gasteiger partial charge is 0.130 e. The van der Waals surface area contributed by atoms with Gasteiger partial charge >= 0.3 is 0 Å². The highest BCUT2D eigenvalue weighted by Gasteiger charge is 2.01. The molecule has 0 nitrogen and oxygen atoms in total. The van der Waals surface area contributed by atoms with Crippen molar-refractivity contribution in [1.29, 1.82) is 0 Å². The number of rotatable bonds is 7. The highest BCUT2D eigenvalue weighted by molar-refractivity contribution is 7.98. The summed E-state index contributed by atoms with van der Waals surface area (Å²) in [5.74, 6) is 0. The van der Waals surface area contributed by atoms with Gasteiger partial charge in [0.05, 0.1) is 0 Å². The first-order valence-corrected chi connectivity index (χ1v) is 9.53. The van der Waals surface area contributed by atoms with Crippen LogP contribution in [0.1, 0.15) is 24.0 Å². The first kappa shape index (κ1) is 15.5. The molecular formula is C18H22S2. The average Bonchev–Trinajstić information content (AvgIpc) is 2.52. The zero-order valence-corrected chi connectivity index (χ0v) is 13.9. The summed E-state index contributed by atoms with van der Waals surface area (Å²) in [7, 11) is 0. The van der Waals surface area contributed by atoms with Gasteiger partial charge in [-0.3, -0.25) is 0 Å². The third-order valence-corrected chi connectivity index (χ3v) is 5.05. The highest BCUT2D eigenvalue weighted by atomic mass is 32.2. The molecule has 0 aliphatic rings. The Bertz CT molecular complexity index is 534. The van der Waals surface area contributed by atoms with E-state index in [9.17, 15) is 0 Å². The maximum atomic E-state index is 2.32. The molecule has 20 heavy (non-hydrogen) atoms. The Morgan fingerprint density at radius 1 is 0.800 bits per heavy atom. The molecule has 0 spiro atoms. The topological polar surface area (TPSA) is 0 Å². The Morgan fingerprint density at radius 3 is 2.40 bits per heavy atom. The van der Waals surface area contributed by atoms with Crippen molar-refractivity contribution in [1.82, 2.24) is 0 Å². The van der Waals surface area contributed by atoms with Crippen LogP contribution in [-0.4, -0.2) is 12.5 Å². The van der Waals surface area contributed by atoms with E-state index < -0.39 is 0 Å². The Labute approximate surface area is 131 Å². The standard InChI is InChI=1S/C18H22S2/c1-19-17-12-7-9-15(14-17)8-3-4-10-16-11-5-6-13-18(16)20-2/h5-7,9,11-14H,3-4,8,10H2,1-2H3. The molecule has 0 atom stereocenters. The molecule has 2 heteroatoms. The monoisotopic (exact) mass is 302 g/mol. The van der Waals surface area contributed by atoms with Gasteiger partial charge in [0, 0.05) is 9.79 Å². The second kappa shape index (κ2) is 8.43. The first-order valence-electron chi connectivity index (χ1n) is 7.08. The third-order valence-electron chi connectivity index (χ3n) is 3.49. The summed E-state index contributed by atoms with van der Waals surface area (Å²) in [5, 5.41) is 0. The lowest BCUT2D eigenvalue weighted by Crippen LogP contribution is -1.91. The summed E-state index contributed by atoms with van der Waals surface area (Å²) in [4.78, 5) is 2.80. The summed E-state index contributed by atoms with van der Waals surface area (Å²) in [6.07, 6.45) is 9.21. The maximum absolute atomic E-state index is 2.32. The van der Waals surface area contributed by atoms with Gasteiger partial charge in [-0.05, 0) is 67.5 Å². The van der Waals surface area contributed by atoms with Crippen LogP contribution in [0.3, 0.4) is 0 Å². The van der Waals surface area contributed by atoms with Crippen LogP contribution >= 0.6 is 23.5 Å². The zero-order valence-electron chi connectivity index (χ0n) is 12.3. The fourth-order valence-corrected chi connectivity index (χ4v) is 3.51. The predicted octanol–water partition coefficient (Wildman–Crippen LogP) is 5.70. The molecular weight excluding hydrogens is 280 g/mol. The molecule has 106 valence electrons. The van der Waals surface area contributed by atoms with Crippen molar-refractivity contribution in [3.63, 3.8) is 0 Å². The van der Waals surface area contributed by atoms with Crippen molar-refractivity contribution in [3.8, 4) is 0 Å². The van der Waals surface area contributed by atoms with E-state index in [4.69, 9.17) is 0 Å². The van der Waals surface area contributed by atoms with Crippen molar-refractivity contribution < 1.29 is 0 Å². The summed E-state index contributed by atoms with van der Waals surface area (Å²) < 4.78 is 0. The van der Waals surface area contributed by atoms with Crippen LogP contribution in [0.5, 0.6) is 0 Å². The Morgan fingerprint density at radius 2 is 1.60 bits per heavy atom. The number of aryl methyl sites for hydroxylation is 2. The van der Waals surface area contributed by atoms with Gasteiger partial charge in [-0.15, -0.1) is 23.5 Å². The van der Waals surface area contributed by atoms with Crippen LogP contribution in [0.15, 0.2) is 58.3 Å². The summed E-state index contributed by atoms with van der Waals surface area (Å²) in [5.41, 5.74) is 2.97. The Hall–Kier alpha value is -0.860. The molecule has 0 aliphatic heterocycles. The van der Waals surface area contributed by atoms with Crippen LogP contribution in [0.25, 0.3) is 0 Å². The molecule has 0 unspecified atom stereocenters. The lowest BCUT2D eigenvalue weighted by Gasteiger charge is -2.07. The maximum Gasteiger partial charge on any atom is 0.0101 e. The average molecular weight is 303 g/mol. The Balaban J connectivity index is 1.81. The number of benzene rings is 2. The zero-order chi connectivity index (χ0) is 14.2. The van der Waals surface area contributed by atoms with Crippen molar-refractivity contribution in [2.24, 2.45) is 0 Å². The second-order valence-electron chi connectivity index (χ2n) is 4.87. The van der Waals surface area contributed by atoms with Crippen LogP contribution in [0.2, 0.25) is 0 Å². The molecule has 0 fully saturated rings. The van der Waals surface area contributed by atoms with Gasteiger partial charge in [-0.1, -0.05) is 30.3 Å². The number of hydrogen-bond donors (Lipinski definition) is 0. The normalized spacial score (nSPS) is 10.7. The van der Waals surface area contributed by atoms with E-state index in [1.807, 2.05) is 23.5 Å². The Kier molecular flexibility index (Phi) is 6.55. The molecule has 0 aromatic heterocycles.